The van der Waals surface area contributed by atoms with Crippen LogP contribution in [-0.4, -0.2) is 40.1 Å². The second-order valence-electron chi connectivity index (χ2n) is 5.33. The smallest absolute Gasteiger partial charge is 0.253 e. The maximum Gasteiger partial charge on any atom is 0.253 e. The summed E-state index contributed by atoms with van der Waals surface area (Å²) in [5.41, 5.74) is 7.52. The number of fused-ring (bicyclic) bond motifs is 1. The SMILES string of the molecule is CC(N)C1CCN(C(=O)c2ccc3cn[nH]c3c2)C1. The number of H-pyrrole nitrogens is 1. The van der Waals surface area contributed by atoms with Gasteiger partial charge in [0.2, 0.25) is 0 Å². The molecule has 0 spiro atoms. The number of aromatic nitrogens is 2. The third-order valence-corrected chi connectivity index (χ3v) is 3.94. The Morgan fingerprint density at radius 3 is 3.16 bits per heavy atom. The topological polar surface area (TPSA) is 75.0 Å². The Morgan fingerprint density at radius 2 is 2.42 bits per heavy atom. The molecule has 1 aromatic heterocycles. The summed E-state index contributed by atoms with van der Waals surface area (Å²) in [4.78, 5) is 14.3. The standard InChI is InChI=1S/C14H18N4O/c1-9(15)12-4-5-18(8-12)14(19)10-2-3-11-7-16-17-13(11)6-10/h2-3,6-7,9,12H,4-5,8,15H2,1H3,(H,16,17). The van der Waals surface area contributed by atoms with Crippen molar-refractivity contribution in [3.05, 3.63) is 30.0 Å². The van der Waals surface area contributed by atoms with Crippen LogP contribution in [0.2, 0.25) is 0 Å². The van der Waals surface area contributed by atoms with Gasteiger partial charge in [0, 0.05) is 30.1 Å². The molecule has 1 aliphatic rings. The van der Waals surface area contributed by atoms with Gasteiger partial charge < -0.3 is 10.6 Å². The highest BCUT2D eigenvalue weighted by molar-refractivity contribution is 5.97. The highest BCUT2D eigenvalue weighted by atomic mass is 16.2. The number of nitrogens with zero attached hydrogens (tertiary/aromatic N) is 2. The van der Waals surface area contributed by atoms with E-state index in [4.69, 9.17) is 5.73 Å². The molecular weight excluding hydrogens is 240 g/mol. The zero-order chi connectivity index (χ0) is 13.4. The van der Waals surface area contributed by atoms with Crippen molar-refractivity contribution in [2.45, 2.75) is 19.4 Å². The molecule has 5 heteroatoms. The summed E-state index contributed by atoms with van der Waals surface area (Å²) in [6.07, 6.45) is 2.75. The third-order valence-electron chi connectivity index (χ3n) is 3.94. The number of rotatable bonds is 2. The van der Waals surface area contributed by atoms with Crippen LogP contribution in [-0.2, 0) is 0 Å². The first-order chi connectivity index (χ1) is 9.15. The molecule has 3 rings (SSSR count). The van der Waals surface area contributed by atoms with Crippen LogP contribution < -0.4 is 5.73 Å². The van der Waals surface area contributed by atoms with Gasteiger partial charge in [-0.15, -0.1) is 0 Å². The van der Waals surface area contributed by atoms with E-state index in [0.29, 0.717) is 11.5 Å². The largest absolute Gasteiger partial charge is 0.338 e. The molecule has 0 radical (unpaired) electrons. The maximum atomic E-state index is 12.4. The lowest BCUT2D eigenvalue weighted by Crippen LogP contribution is -2.32. The van der Waals surface area contributed by atoms with Crippen LogP contribution in [0.1, 0.15) is 23.7 Å². The van der Waals surface area contributed by atoms with E-state index in [2.05, 4.69) is 10.2 Å². The number of benzene rings is 1. The fraction of sp³-hybridized carbons (Fsp3) is 0.429. The van der Waals surface area contributed by atoms with E-state index in [1.54, 1.807) is 6.20 Å². The quantitative estimate of drug-likeness (QED) is 0.854. The van der Waals surface area contributed by atoms with E-state index < -0.39 is 0 Å². The lowest BCUT2D eigenvalue weighted by atomic mass is 10.0. The number of likely N-dealkylation sites (tertiary alicyclic amines) is 1. The van der Waals surface area contributed by atoms with Crippen molar-refractivity contribution in [3.63, 3.8) is 0 Å². The number of carbonyl (C=O) groups is 1. The van der Waals surface area contributed by atoms with Crippen molar-refractivity contribution < 1.29 is 4.79 Å². The molecule has 0 aliphatic carbocycles. The predicted molar refractivity (Wildman–Crippen MR) is 73.8 cm³/mol. The van der Waals surface area contributed by atoms with Gasteiger partial charge in [-0.1, -0.05) is 6.07 Å². The van der Waals surface area contributed by atoms with Crippen LogP contribution in [0.5, 0.6) is 0 Å². The van der Waals surface area contributed by atoms with Gasteiger partial charge in [0.15, 0.2) is 0 Å². The first kappa shape index (κ1) is 12.2. The van der Waals surface area contributed by atoms with E-state index >= 15 is 0 Å². The Labute approximate surface area is 111 Å². The summed E-state index contributed by atoms with van der Waals surface area (Å²) in [5.74, 6) is 0.500. The van der Waals surface area contributed by atoms with Crippen LogP contribution in [0, 0.1) is 5.92 Å². The average Bonchev–Trinajstić information content (AvgIpc) is 3.06. The summed E-state index contributed by atoms with van der Waals surface area (Å²) in [5, 5.41) is 7.88. The number of nitrogens with one attached hydrogen (secondary N) is 1. The molecule has 1 amide bonds. The van der Waals surface area contributed by atoms with E-state index in [1.807, 2.05) is 30.0 Å². The summed E-state index contributed by atoms with van der Waals surface area (Å²) >= 11 is 0. The highest BCUT2D eigenvalue weighted by Gasteiger charge is 2.28. The zero-order valence-electron chi connectivity index (χ0n) is 11.0. The molecule has 1 aliphatic heterocycles. The first-order valence-corrected chi connectivity index (χ1v) is 6.63. The van der Waals surface area contributed by atoms with Gasteiger partial charge in [-0.2, -0.15) is 5.10 Å². The van der Waals surface area contributed by atoms with Gasteiger partial charge in [0.1, 0.15) is 0 Å². The molecule has 2 heterocycles. The van der Waals surface area contributed by atoms with E-state index in [-0.39, 0.29) is 11.9 Å². The third kappa shape index (κ3) is 2.21. The van der Waals surface area contributed by atoms with Crippen molar-refractivity contribution in [2.24, 2.45) is 11.7 Å². The fourth-order valence-corrected chi connectivity index (χ4v) is 2.65. The molecule has 2 aromatic rings. The second-order valence-corrected chi connectivity index (χ2v) is 5.33. The van der Waals surface area contributed by atoms with Crippen molar-refractivity contribution in [1.29, 1.82) is 0 Å². The van der Waals surface area contributed by atoms with Gasteiger partial charge in [-0.05, 0) is 31.4 Å². The van der Waals surface area contributed by atoms with Crippen LogP contribution >= 0.6 is 0 Å². The van der Waals surface area contributed by atoms with Crippen LogP contribution in [0.15, 0.2) is 24.4 Å². The zero-order valence-corrected chi connectivity index (χ0v) is 11.0. The summed E-state index contributed by atoms with van der Waals surface area (Å²) in [7, 11) is 0. The molecule has 100 valence electrons. The lowest BCUT2D eigenvalue weighted by Gasteiger charge is -2.18. The molecule has 1 fully saturated rings. The minimum absolute atomic E-state index is 0.0830. The summed E-state index contributed by atoms with van der Waals surface area (Å²) < 4.78 is 0. The minimum Gasteiger partial charge on any atom is -0.338 e. The minimum atomic E-state index is 0.0830. The molecule has 0 bridgehead atoms. The van der Waals surface area contributed by atoms with Crippen LogP contribution in [0.4, 0.5) is 0 Å². The van der Waals surface area contributed by atoms with E-state index in [9.17, 15) is 4.79 Å². The maximum absolute atomic E-state index is 12.4. The van der Waals surface area contributed by atoms with Crippen LogP contribution in [0.3, 0.4) is 0 Å². The number of carbonyl (C=O) groups excluding carboxylic acids is 1. The lowest BCUT2D eigenvalue weighted by molar-refractivity contribution is 0.0786. The Kier molecular flexibility index (Phi) is 2.98. The van der Waals surface area contributed by atoms with Crippen molar-refractivity contribution in [1.82, 2.24) is 15.1 Å². The predicted octanol–water partition coefficient (Wildman–Crippen LogP) is 1.37. The van der Waals surface area contributed by atoms with Gasteiger partial charge in [0.25, 0.3) is 5.91 Å². The molecule has 2 atom stereocenters. The monoisotopic (exact) mass is 258 g/mol. The number of amides is 1. The molecule has 19 heavy (non-hydrogen) atoms. The van der Waals surface area contributed by atoms with Gasteiger partial charge in [0.05, 0.1) is 11.7 Å². The molecule has 1 saturated heterocycles. The molecule has 0 saturated carbocycles. The normalized spacial score (nSPS) is 20.9. The number of nitrogens with two attached hydrogens (primary N) is 1. The molecule has 2 unspecified atom stereocenters. The van der Waals surface area contributed by atoms with Gasteiger partial charge >= 0.3 is 0 Å². The van der Waals surface area contributed by atoms with Crippen molar-refractivity contribution in [2.75, 3.05) is 13.1 Å². The summed E-state index contributed by atoms with van der Waals surface area (Å²) in [6.45, 7) is 3.57. The number of hydrogen-bond acceptors (Lipinski definition) is 3. The molecular formula is C14H18N4O. The number of aromatic amines is 1. The van der Waals surface area contributed by atoms with Gasteiger partial charge in [-0.3, -0.25) is 9.89 Å². The molecule has 5 nitrogen and oxygen atoms in total. The summed E-state index contributed by atoms with van der Waals surface area (Å²) in [6, 6.07) is 5.79. The van der Waals surface area contributed by atoms with Crippen LogP contribution in [0.25, 0.3) is 10.9 Å². The Bertz CT molecular complexity index is 604. The van der Waals surface area contributed by atoms with Gasteiger partial charge in [-0.25, -0.2) is 0 Å². The molecule has 1 aromatic carbocycles. The average molecular weight is 258 g/mol. The molecule has 3 N–H and O–H groups in total. The van der Waals surface area contributed by atoms with E-state index in [1.165, 1.54) is 0 Å². The van der Waals surface area contributed by atoms with Crippen molar-refractivity contribution >= 4 is 16.8 Å². The number of hydrogen-bond donors (Lipinski definition) is 2. The highest BCUT2D eigenvalue weighted by Crippen LogP contribution is 2.22. The second kappa shape index (κ2) is 4.66. The fourth-order valence-electron chi connectivity index (χ4n) is 2.65. The Hall–Kier alpha value is -1.88. The van der Waals surface area contributed by atoms with Crippen molar-refractivity contribution in [3.8, 4) is 0 Å². The van der Waals surface area contributed by atoms with E-state index in [0.717, 1.165) is 30.4 Å². The Morgan fingerprint density at radius 1 is 1.58 bits per heavy atom. The first-order valence-electron chi connectivity index (χ1n) is 6.63. The Balaban J connectivity index is 1.80.